The molecule has 8 nitrogen and oxygen atoms in total. The molecule has 2 aromatic rings. The van der Waals surface area contributed by atoms with Crippen molar-refractivity contribution < 1.29 is 27.4 Å². The lowest BCUT2D eigenvalue weighted by Crippen LogP contribution is -2.41. The molecule has 0 bridgehead atoms. The van der Waals surface area contributed by atoms with E-state index in [0.717, 1.165) is 5.56 Å². The minimum absolute atomic E-state index is 0.0405. The maximum atomic E-state index is 13.2. The number of anilines is 1. The van der Waals surface area contributed by atoms with Gasteiger partial charge in [0.1, 0.15) is 5.75 Å². The summed E-state index contributed by atoms with van der Waals surface area (Å²) in [5.74, 6) is -0.441. The summed E-state index contributed by atoms with van der Waals surface area (Å²) in [6.45, 7) is 5.29. The van der Waals surface area contributed by atoms with E-state index in [1.54, 1.807) is 18.2 Å². The quantitative estimate of drug-likeness (QED) is 0.480. The van der Waals surface area contributed by atoms with Crippen molar-refractivity contribution in [2.45, 2.75) is 11.8 Å². The van der Waals surface area contributed by atoms with Gasteiger partial charge in [0.15, 0.2) is 0 Å². The molecule has 172 valence electrons. The number of nitrogens with zero attached hydrogens (tertiary/aromatic N) is 2. The van der Waals surface area contributed by atoms with Crippen LogP contribution in [0.25, 0.3) is 0 Å². The smallest absolute Gasteiger partial charge is 0.345 e. The van der Waals surface area contributed by atoms with Crippen LogP contribution in [0.4, 0.5) is 5.69 Å². The second-order valence-electron chi connectivity index (χ2n) is 7.62. The summed E-state index contributed by atoms with van der Waals surface area (Å²) >= 11 is 6.20. The van der Waals surface area contributed by atoms with Crippen molar-refractivity contribution in [3.8, 4) is 5.75 Å². The summed E-state index contributed by atoms with van der Waals surface area (Å²) in [6.07, 6.45) is 0. The molecular weight excluding hydrogens is 456 g/mol. The van der Waals surface area contributed by atoms with Crippen LogP contribution in [0.1, 0.15) is 15.9 Å². The Morgan fingerprint density at radius 2 is 1.62 bits per heavy atom. The fraction of sp³-hybridized carbons (Fsp3) is 0.409. The van der Waals surface area contributed by atoms with Crippen LogP contribution in [-0.4, -0.2) is 71.3 Å². The van der Waals surface area contributed by atoms with Crippen LogP contribution in [0.3, 0.4) is 0 Å². The first-order valence-electron chi connectivity index (χ1n) is 10.4. The minimum Gasteiger partial charge on any atom is -0.421 e. The third-order valence-corrected chi connectivity index (χ3v) is 7.64. The number of carbonyl (C=O) groups excluding carboxylic acids is 1. The number of hydrogen-bond donors (Lipinski definition) is 0. The Bertz CT molecular complexity index is 1100. The number of hydrogen-bond acceptors (Lipinski definition) is 7. The summed E-state index contributed by atoms with van der Waals surface area (Å²) in [5.41, 5.74) is 1.65. The van der Waals surface area contributed by atoms with Crippen LogP contribution in [0.15, 0.2) is 41.3 Å². The Balaban J connectivity index is 1.72. The molecule has 2 aliphatic heterocycles. The predicted molar refractivity (Wildman–Crippen MR) is 120 cm³/mol. The number of sulfonamides is 1. The molecular formula is C22H25ClN2O6S. The van der Waals surface area contributed by atoms with Gasteiger partial charge in [0.25, 0.3) is 0 Å². The fourth-order valence-corrected chi connectivity index (χ4v) is 5.29. The van der Waals surface area contributed by atoms with E-state index in [4.69, 9.17) is 25.8 Å². The molecule has 2 aliphatic rings. The molecule has 2 aromatic carbocycles. The average Bonchev–Trinajstić information content (AvgIpc) is 2.82. The lowest BCUT2D eigenvalue weighted by molar-refractivity contribution is 0.0727. The van der Waals surface area contributed by atoms with Crippen LogP contribution >= 0.6 is 11.6 Å². The Kier molecular flexibility index (Phi) is 7.02. The molecule has 0 spiro atoms. The van der Waals surface area contributed by atoms with Gasteiger partial charge in [-0.25, -0.2) is 13.2 Å². The normalized spacial score (nSPS) is 17.9. The SMILES string of the molecule is Cc1ccc(Cl)c(OC(=O)c2cc(S(=O)(=O)N3CCOCC3)ccc2N2CCOCC2)c1. The first-order chi connectivity index (χ1) is 15.4. The van der Waals surface area contributed by atoms with E-state index in [1.807, 2.05) is 17.9 Å². The molecule has 0 N–H and O–H groups in total. The van der Waals surface area contributed by atoms with Crippen LogP contribution in [0, 0.1) is 6.92 Å². The molecule has 4 rings (SSSR count). The summed E-state index contributed by atoms with van der Waals surface area (Å²) < 4.78 is 44.0. The lowest BCUT2D eigenvalue weighted by Gasteiger charge is -2.31. The predicted octanol–water partition coefficient (Wildman–Crippen LogP) is 2.73. The van der Waals surface area contributed by atoms with Gasteiger partial charge in [0.2, 0.25) is 10.0 Å². The largest absolute Gasteiger partial charge is 0.421 e. The molecule has 2 heterocycles. The highest BCUT2D eigenvalue weighted by Gasteiger charge is 2.29. The van der Waals surface area contributed by atoms with E-state index in [0.29, 0.717) is 50.2 Å². The Hall–Kier alpha value is -2.17. The fourth-order valence-electron chi connectivity index (χ4n) is 3.70. The van der Waals surface area contributed by atoms with E-state index in [9.17, 15) is 13.2 Å². The Morgan fingerprint density at radius 1 is 0.969 bits per heavy atom. The number of halogens is 1. The van der Waals surface area contributed by atoms with Gasteiger partial charge in [-0.05, 0) is 42.8 Å². The number of esters is 1. The van der Waals surface area contributed by atoms with Crippen molar-refractivity contribution in [1.82, 2.24) is 4.31 Å². The maximum Gasteiger partial charge on any atom is 0.345 e. The van der Waals surface area contributed by atoms with Crippen molar-refractivity contribution in [2.75, 3.05) is 57.5 Å². The standard InChI is InChI=1S/C22H25ClN2O6S/c1-16-2-4-19(23)21(14-16)31-22(26)18-15-17(32(27,28)25-8-12-30-13-9-25)3-5-20(18)24-6-10-29-11-7-24/h2-5,14-15H,6-13H2,1H3. The van der Waals surface area contributed by atoms with Crippen molar-refractivity contribution in [1.29, 1.82) is 0 Å². The summed E-state index contributed by atoms with van der Waals surface area (Å²) in [5, 5.41) is 0.300. The highest BCUT2D eigenvalue weighted by atomic mass is 35.5. The summed E-state index contributed by atoms with van der Waals surface area (Å²) in [7, 11) is -3.78. The highest BCUT2D eigenvalue weighted by Crippen LogP contribution is 2.31. The van der Waals surface area contributed by atoms with E-state index in [-0.39, 0.29) is 29.3 Å². The number of rotatable bonds is 5. The zero-order valence-corrected chi connectivity index (χ0v) is 19.3. The molecule has 0 radical (unpaired) electrons. The second kappa shape index (κ2) is 9.76. The molecule has 32 heavy (non-hydrogen) atoms. The van der Waals surface area contributed by atoms with Gasteiger partial charge >= 0.3 is 5.97 Å². The molecule has 0 aromatic heterocycles. The van der Waals surface area contributed by atoms with E-state index in [2.05, 4.69) is 0 Å². The van der Waals surface area contributed by atoms with Crippen LogP contribution in [0.2, 0.25) is 5.02 Å². The zero-order chi connectivity index (χ0) is 22.7. The zero-order valence-electron chi connectivity index (χ0n) is 17.8. The molecule has 0 unspecified atom stereocenters. The van der Waals surface area contributed by atoms with Crippen molar-refractivity contribution in [3.63, 3.8) is 0 Å². The number of benzene rings is 2. The van der Waals surface area contributed by atoms with E-state index in [1.165, 1.54) is 16.4 Å². The van der Waals surface area contributed by atoms with Crippen LogP contribution < -0.4 is 9.64 Å². The first kappa shape index (κ1) is 23.0. The number of aryl methyl sites for hydroxylation is 1. The summed E-state index contributed by atoms with van der Waals surface area (Å²) in [4.78, 5) is 15.3. The molecule has 10 heteroatoms. The van der Waals surface area contributed by atoms with Gasteiger partial charge in [0, 0.05) is 26.2 Å². The van der Waals surface area contributed by atoms with E-state index < -0.39 is 16.0 Å². The molecule has 0 aliphatic carbocycles. The molecule has 0 atom stereocenters. The number of morpholine rings is 2. The molecule has 0 saturated carbocycles. The van der Waals surface area contributed by atoms with Crippen molar-refractivity contribution in [3.05, 3.63) is 52.5 Å². The minimum atomic E-state index is -3.78. The molecule has 2 saturated heterocycles. The number of ether oxygens (including phenoxy) is 3. The Morgan fingerprint density at radius 3 is 2.31 bits per heavy atom. The van der Waals surface area contributed by atoms with Gasteiger partial charge in [-0.15, -0.1) is 0 Å². The van der Waals surface area contributed by atoms with Crippen molar-refractivity contribution in [2.24, 2.45) is 0 Å². The maximum absolute atomic E-state index is 13.2. The summed E-state index contributed by atoms with van der Waals surface area (Å²) in [6, 6.07) is 9.72. The Labute approximate surface area is 192 Å². The van der Waals surface area contributed by atoms with E-state index >= 15 is 0 Å². The van der Waals surface area contributed by atoms with Crippen LogP contribution in [-0.2, 0) is 19.5 Å². The first-order valence-corrected chi connectivity index (χ1v) is 12.2. The topological polar surface area (TPSA) is 85.4 Å². The highest BCUT2D eigenvalue weighted by molar-refractivity contribution is 7.89. The average molecular weight is 481 g/mol. The van der Waals surface area contributed by atoms with Gasteiger partial charge in [0.05, 0.1) is 47.6 Å². The van der Waals surface area contributed by atoms with Gasteiger partial charge in [-0.3, -0.25) is 0 Å². The molecule has 2 fully saturated rings. The van der Waals surface area contributed by atoms with Gasteiger partial charge in [-0.2, -0.15) is 4.31 Å². The monoisotopic (exact) mass is 480 g/mol. The third kappa shape index (κ3) is 4.92. The van der Waals surface area contributed by atoms with Gasteiger partial charge < -0.3 is 19.1 Å². The van der Waals surface area contributed by atoms with Crippen molar-refractivity contribution >= 4 is 33.3 Å². The molecule has 0 amide bonds. The second-order valence-corrected chi connectivity index (χ2v) is 9.96. The lowest BCUT2D eigenvalue weighted by atomic mass is 10.1. The van der Waals surface area contributed by atoms with Gasteiger partial charge in [-0.1, -0.05) is 17.7 Å². The van der Waals surface area contributed by atoms with Crippen LogP contribution in [0.5, 0.6) is 5.75 Å². The third-order valence-electron chi connectivity index (χ3n) is 5.44. The number of carbonyl (C=O) groups is 1.